The summed E-state index contributed by atoms with van der Waals surface area (Å²) in [7, 11) is 0. The number of hydrogen-bond donors (Lipinski definition) is 3. The van der Waals surface area contributed by atoms with Crippen molar-refractivity contribution in [2.45, 2.75) is 25.7 Å². The van der Waals surface area contributed by atoms with Crippen LogP contribution in [0.1, 0.15) is 44.0 Å². The second-order valence-corrected chi connectivity index (χ2v) is 6.28. The van der Waals surface area contributed by atoms with Crippen LogP contribution in [0.3, 0.4) is 0 Å². The third-order valence-corrected chi connectivity index (χ3v) is 4.90. The molecule has 4 N–H and O–H groups in total. The van der Waals surface area contributed by atoms with Gasteiger partial charge in [-0.25, -0.2) is 0 Å². The van der Waals surface area contributed by atoms with Gasteiger partial charge in [-0.2, -0.15) is 0 Å². The zero-order chi connectivity index (χ0) is 15.7. The number of carbonyl (C=O) groups is 2. The molecular formula is C15H15N3O3S. The van der Waals surface area contributed by atoms with E-state index in [2.05, 4.69) is 10.3 Å². The maximum absolute atomic E-state index is 12.2. The van der Waals surface area contributed by atoms with Crippen LogP contribution < -0.4 is 16.6 Å². The van der Waals surface area contributed by atoms with Crippen LogP contribution >= 0.6 is 11.3 Å². The highest BCUT2D eigenvalue weighted by atomic mass is 32.1. The molecule has 0 saturated carbocycles. The van der Waals surface area contributed by atoms with Gasteiger partial charge in [-0.05, 0) is 37.3 Å². The van der Waals surface area contributed by atoms with Crippen molar-refractivity contribution >= 4 is 28.2 Å². The Balaban J connectivity index is 1.93. The lowest BCUT2D eigenvalue weighted by molar-refractivity contribution is 0.100. The maximum atomic E-state index is 12.2. The number of pyridine rings is 1. The zero-order valence-electron chi connectivity index (χ0n) is 11.8. The monoisotopic (exact) mass is 317 g/mol. The fourth-order valence-electron chi connectivity index (χ4n) is 2.64. The van der Waals surface area contributed by atoms with Gasteiger partial charge >= 0.3 is 0 Å². The van der Waals surface area contributed by atoms with Gasteiger partial charge in [0.15, 0.2) is 0 Å². The summed E-state index contributed by atoms with van der Waals surface area (Å²) in [5.41, 5.74) is 6.93. The van der Waals surface area contributed by atoms with E-state index in [4.69, 9.17) is 5.73 Å². The highest BCUT2D eigenvalue weighted by molar-refractivity contribution is 7.17. The Labute approximate surface area is 130 Å². The number of aryl methyl sites for hydroxylation is 1. The molecule has 0 fully saturated rings. The standard InChI is InChI=1S/C15H15N3O3S/c16-13(20)12-9-3-1-2-4-10(9)22-15(12)18-14(21)8-5-6-11(19)17-7-8/h5-7H,1-4H2,(H2,16,20)(H,17,19)(H,18,21). The number of aromatic amines is 1. The normalized spacial score (nSPS) is 13.5. The number of rotatable bonds is 3. The molecule has 0 bridgehead atoms. The molecule has 0 atom stereocenters. The van der Waals surface area contributed by atoms with Gasteiger partial charge in [0.1, 0.15) is 5.00 Å². The van der Waals surface area contributed by atoms with E-state index in [1.165, 1.54) is 29.7 Å². The molecular weight excluding hydrogens is 302 g/mol. The van der Waals surface area contributed by atoms with E-state index < -0.39 is 5.91 Å². The smallest absolute Gasteiger partial charge is 0.257 e. The minimum atomic E-state index is -0.517. The molecule has 1 aliphatic rings. The lowest BCUT2D eigenvalue weighted by Gasteiger charge is -2.11. The van der Waals surface area contributed by atoms with Gasteiger partial charge in [0.05, 0.1) is 11.1 Å². The Bertz CT molecular complexity index is 786. The number of hydrogen-bond acceptors (Lipinski definition) is 4. The number of anilines is 1. The molecule has 22 heavy (non-hydrogen) atoms. The maximum Gasteiger partial charge on any atom is 0.257 e. The van der Waals surface area contributed by atoms with E-state index in [1.807, 2.05) is 0 Å². The second kappa shape index (κ2) is 5.76. The van der Waals surface area contributed by atoms with Gasteiger partial charge in [-0.1, -0.05) is 0 Å². The number of H-pyrrole nitrogens is 1. The summed E-state index contributed by atoms with van der Waals surface area (Å²) in [5.74, 6) is -0.895. The number of amides is 2. The number of nitrogens with two attached hydrogens (primary N) is 1. The Hall–Kier alpha value is -2.41. The predicted molar refractivity (Wildman–Crippen MR) is 84.5 cm³/mol. The number of thiophene rings is 1. The number of carbonyl (C=O) groups excluding carboxylic acids is 2. The van der Waals surface area contributed by atoms with Gasteiger partial charge in [0.25, 0.3) is 11.8 Å². The van der Waals surface area contributed by atoms with Crippen molar-refractivity contribution < 1.29 is 9.59 Å². The fourth-order valence-corrected chi connectivity index (χ4v) is 3.93. The number of fused-ring (bicyclic) bond motifs is 1. The summed E-state index contributed by atoms with van der Waals surface area (Å²) >= 11 is 1.41. The fraction of sp³-hybridized carbons (Fsp3) is 0.267. The van der Waals surface area contributed by atoms with E-state index in [0.717, 1.165) is 36.1 Å². The second-order valence-electron chi connectivity index (χ2n) is 5.17. The van der Waals surface area contributed by atoms with Crippen molar-refractivity contribution in [3.05, 3.63) is 50.3 Å². The summed E-state index contributed by atoms with van der Waals surface area (Å²) < 4.78 is 0. The van der Waals surface area contributed by atoms with Crippen molar-refractivity contribution in [2.75, 3.05) is 5.32 Å². The molecule has 2 aromatic rings. The van der Waals surface area contributed by atoms with Gasteiger partial charge in [0, 0.05) is 17.1 Å². The Kier molecular flexibility index (Phi) is 3.81. The molecule has 6 nitrogen and oxygen atoms in total. The third kappa shape index (κ3) is 2.67. The van der Waals surface area contributed by atoms with Crippen LogP contribution in [-0.4, -0.2) is 16.8 Å². The summed E-state index contributed by atoms with van der Waals surface area (Å²) in [4.78, 5) is 38.6. The van der Waals surface area contributed by atoms with Crippen molar-refractivity contribution in [3.63, 3.8) is 0 Å². The van der Waals surface area contributed by atoms with Gasteiger partial charge in [0.2, 0.25) is 5.56 Å². The van der Waals surface area contributed by atoms with Crippen molar-refractivity contribution in [1.29, 1.82) is 0 Å². The first-order valence-electron chi connectivity index (χ1n) is 7.00. The first kappa shape index (κ1) is 14.5. The van der Waals surface area contributed by atoms with E-state index in [0.29, 0.717) is 16.1 Å². The van der Waals surface area contributed by atoms with Gasteiger partial charge in [-0.3, -0.25) is 14.4 Å². The lowest BCUT2D eigenvalue weighted by atomic mass is 9.95. The summed E-state index contributed by atoms with van der Waals surface area (Å²) in [6.45, 7) is 0. The zero-order valence-corrected chi connectivity index (χ0v) is 12.6. The highest BCUT2D eigenvalue weighted by Gasteiger charge is 2.25. The number of nitrogens with one attached hydrogen (secondary N) is 2. The minimum Gasteiger partial charge on any atom is -0.365 e. The molecule has 2 heterocycles. The Morgan fingerprint density at radius 1 is 1.23 bits per heavy atom. The predicted octanol–water partition coefficient (Wildman–Crippen LogP) is 1.67. The van der Waals surface area contributed by atoms with Crippen molar-refractivity contribution in [2.24, 2.45) is 5.73 Å². The average molecular weight is 317 g/mol. The quantitative estimate of drug-likeness (QED) is 0.801. The van der Waals surface area contributed by atoms with Crippen LogP contribution in [0, 0.1) is 0 Å². The SMILES string of the molecule is NC(=O)c1c(NC(=O)c2ccc(=O)[nH]c2)sc2c1CCCC2. The first-order valence-corrected chi connectivity index (χ1v) is 7.82. The van der Waals surface area contributed by atoms with E-state index >= 15 is 0 Å². The molecule has 2 aromatic heterocycles. The van der Waals surface area contributed by atoms with E-state index in [-0.39, 0.29) is 11.5 Å². The topological polar surface area (TPSA) is 105 Å². The van der Waals surface area contributed by atoms with Crippen molar-refractivity contribution in [1.82, 2.24) is 4.98 Å². The van der Waals surface area contributed by atoms with E-state index in [9.17, 15) is 14.4 Å². The van der Waals surface area contributed by atoms with Crippen LogP contribution in [-0.2, 0) is 12.8 Å². The molecule has 7 heteroatoms. The molecule has 0 spiro atoms. The van der Waals surface area contributed by atoms with Gasteiger partial charge in [-0.15, -0.1) is 11.3 Å². The van der Waals surface area contributed by atoms with Crippen LogP contribution in [0.25, 0.3) is 0 Å². The number of aromatic nitrogens is 1. The summed E-state index contributed by atoms with van der Waals surface area (Å²) in [6, 6.07) is 2.72. The molecule has 0 radical (unpaired) electrons. The molecule has 0 saturated heterocycles. The third-order valence-electron chi connectivity index (χ3n) is 3.69. The van der Waals surface area contributed by atoms with Crippen LogP contribution in [0.4, 0.5) is 5.00 Å². The van der Waals surface area contributed by atoms with Crippen molar-refractivity contribution in [3.8, 4) is 0 Å². The van der Waals surface area contributed by atoms with Crippen LogP contribution in [0.2, 0.25) is 0 Å². The van der Waals surface area contributed by atoms with E-state index in [1.54, 1.807) is 0 Å². The Morgan fingerprint density at radius 3 is 2.68 bits per heavy atom. The molecule has 3 rings (SSSR count). The number of primary amides is 1. The van der Waals surface area contributed by atoms with Gasteiger partial charge < -0.3 is 16.0 Å². The van der Waals surface area contributed by atoms with Crippen LogP contribution in [0.5, 0.6) is 0 Å². The molecule has 114 valence electrons. The summed E-state index contributed by atoms with van der Waals surface area (Å²) in [5, 5.41) is 3.24. The lowest BCUT2D eigenvalue weighted by Crippen LogP contribution is -2.19. The molecule has 0 aromatic carbocycles. The minimum absolute atomic E-state index is 0.277. The highest BCUT2D eigenvalue weighted by Crippen LogP contribution is 2.38. The molecule has 0 aliphatic heterocycles. The first-order chi connectivity index (χ1) is 10.6. The average Bonchev–Trinajstić information content (AvgIpc) is 2.85. The molecule has 2 amide bonds. The molecule has 1 aliphatic carbocycles. The summed E-state index contributed by atoms with van der Waals surface area (Å²) in [6.07, 6.45) is 5.18. The largest absolute Gasteiger partial charge is 0.365 e. The molecule has 0 unspecified atom stereocenters. The van der Waals surface area contributed by atoms with Crippen LogP contribution in [0.15, 0.2) is 23.1 Å². The Morgan fingerprint density at radius 2 is 2.00 bits per heavy atom.